The van der Waals surface area contributed by atoms with Gasteiger partial charge < -0.3 is 15.0 Å². The standard InChI is InChI=1S/C32H31F3N6O2S/c1-20(2)27-7-5-6-8-28(27)40-17-18-44-31(40)38-30(42)37-22(4)21(3)23-9-11-24(12-10-23)29-36-19-41(39-29)25-13-15-26(16-14-25)43-32(33,34)35/h5-16,19-20H,17-18H2,1-4H3,(H,37,42)/b22-21+,38-31?. The van der Waals surface area contributed by atoms with Crippen molar-refractivity contribution >= 4 is 34.2 Å². The number of thioether (sulfide) groups is 1. The van der Waals surface area contributed by atoms with Gasteiger partial charge in [0.15, 0.2) is 11.0 Å². The maximum Gasteiger partial charge on any atom is 0.573 e. The lowest BCUT2D eigenvalue weighted by Gasteiger charge is -2.23. The van der Waals surface area contributed by atoms with Gasteiger partial charge in [-0.25, -0.2) is 14.5 Å². The molecule has 2 amide bonds. The molecule has 1 saturated heterocycles. The minimum Gasteiger partial charge on any atom is -0.406 e. The van der Waals surface area contributed by atoms with E-state index in [1.54, 1.807) is 11.8 Å². The van der Waals surface area contributed by atoms with Crippen molar-refractivity contribution in [3.8, 4) is 22.8 Å². The highest BCUT2D eigenvalue weighted by Gasteiger charge is 2.31. The van der Waals surface area contributed by atoms with Gasteiger partial charge in [0.05, 0.1) is 5.69 Å². The third kappa shape index (κ3) is 7.31. The molecular formula is C32H31F3N6O2S. The predicted octanol–water partition coefficient (Wildman–Crippen LogP) is 8.03. The zero-order valence-electron chi connectivity index (χ0n) is 24.6. The number of benzene rings is 3. The number of anilines is 1. The van der Waals surface area contributed by atoms with Gasteiger partial charge in [-0.1, -0.05) is 68.1 Å². The monoisotopic (exact) mass is 620 g/mol. The highest BCUT2D eigenvalue weighted by atomic mass is 32.2. The molecular weight excluding hydrogens is 589 g/mol. The van der Waals surface area contributed by atoms with Gasteiger partial charge in [-0.05, 0) is 66.8 Å². The summed E-state index contributed by atoms with van der Waals surface area (Å²) in [5.41, 5.74) is 6.05. The molecule has 228 valence electrons. The first-order chi connectivity index (χ1) is 21.0. The number of halogens is 3. The summed E-state index contributed by atoms with van der Waals surface area (Å²) < 4.78 is 42.7. The third-order valence-electron chi connectivity index (χ3n) is 7.08. The largest absolute Gasteiger partial charge is 0.573 e. The average Bonchev–Trinajstić information content (AvgIpc) is 3.67. The van der Waals surface area contributed by atoms with Crippen molar-refractivity contribution in [1.82, 2.24) is 20.1 Å². The Hall–Kier alpha value is -4.58. The number of carbonyl (C=O) groups is 1. The van der Waals surface area contributed by atoms with E-state index in [1.165, 1.54) is 40.8 Å². The molecule has 0 bridgehead atoms. The normalized spacial score (nSPS) is 15.1. The molecule has 5 rings (SSSR count). The second-order valence-corrected chi connectivity index (χ2v) is 11.5. The summed E-state index contributed by atoms with van der Waals surface area (Å²) in [5.74, 6) is 1.34. The van der Waals surface area contributed by atoms with Crippen LogP contribution < -0.4 is 15.0 Å². The summed E-state index contributed by atoms with van der Waals surface area (Å²) in [6, 6.07) is 20.7. The maximum absolute atomic E-state index is 12.9. The van der Waals surface area contributed by atoms with Crippen LogP contribution in [0.4, 0.5) is 23.7 Å². The number of carbonyl (C=O) groups excluding carboxylic acids is 1. The van der Waals surface area contributed by atoms with Crippen molar-refractivity contribution in [2.45, 2.75) is 40.0 Å². The zero-order chi connectivity index (χ0) is 31.4. The van der Waals surface area contributed by atoms with Crippen molar-refractivity contribution in [2.24, 2.45) is 4.99 Å². The van der Waals surface area contributed by atoms with Crippen molar-refractivity contribution in [3.05, 3.63) is 95.9 Å². The fourth-order valence-corrected chi connectivity index (χ4v) is 5.66. The van der Waals surface area contributed by atoms with Crippen LogP contribution in [0.25, 0.3) is 22.6 Å². The number of amides is 2. The molecule has 8 nitrogen and oxygen atoms in total. The Morgan fingerprint density at radius 1 is 1.02 bits per heavy atom. The summed E-state index contributed by atoms with van der Waals surface area (Å²) in [7, 11) is 0. The molecule has 1 aliphatic heterocycles. The van der Waals surface area contributed by atoms with E-state index in [9.17, 15) is 18.0 Å². The number of hydrogen-bond donors (Lipinski definition) is 1. The minimum absolute atomic E-state index is 0.314. The van der Waals surface area contributed by atoms with Gasteiger partial charge in [0, 0.05) is 29.2 Å². The van der Waals surface area contributed by atoms with Crippen molar-refractivity contribution in [3.63, 3.8) is 0 Å². The second kappa shape index (κ2) is 13.0. The number of rotatable bonds is 7. The Bertz CT molecular complexity index is 1700. The van der Waals surface area contributed by atoms with Crippen LogP contribution in [0, 0.1) is 0 Å². The first-order valence-electron chi connectivity index (χ1n) is 13.9. The van der Waals surface area contributed by atoms with Crippen molar-refractivity contribution < 1.29 is 22.7 Å². The number of hydrogen-bond acceptors (Lipinski definition) is 5. The number of nitrogens with zero attached hydrogens (tertiary/aromatic N) is 5. The molecule has 1 N–H and O–H groups in total. The van der Waals surface area contributed by atoms with Crippen LogP contribution in [0.1, 0.15) is 44.7 Å². The Morgan fingerprint density at radius 3 is 2.41 bits per heavy atom. The first-order valence-corrected chi connectivity index (χ1v) is 14.9. The van der Waals surface area contributed by atoms with Crippen LogP contribution in [-0.2, 0) is 0 Å². The molecule has 12 heteroatoms. The number of amidine groups is 1. The zero-order valence-corrected chi connectivity index (χ0v) is 25.4. The van der Waals surface area contributed by atoms with Crippen LogP contribution in [0.3, 0.4) is 0 Å². The molecule has 4 aromatic rings. The lowest BCUT2D eigenvalue weighted by molar-refractivity contribution is -0.274. The first kappa shape index (κ1) is 30.9. The molecule has 44 heavy (non-hydrogen) atoms. The summed E-state index contributed by atoms with van der Waals surface area (Å²) in [6.45, 7) is 8.86. The maximum atomic E-state index is 12.9. The van der Waals surface area contributed by atoms with Gasteiger partial charge in [-0.2, -0.15) is 4.99 Å². The molecule has 2 heterocycles. The number of allylic oxidation sites excluding steroid dienone is 2. The van der Waals surface area contributed by atoms with E-state index in [0.29, 0.717) is 28.3 Å². The van der Waals surface area contributed by atoms with Crippen LogP contribution in [0.5, 0.6) is 5.75 Å². The minimum atomic E-state index is -4.75. The molecule has 0 unspecified atom stereocenters. The molecule has 1 fully saturated rings. The van der Waals surface area contributed by atoms with Gasteiger partial charge in [-0.15, -0.1) is 18.3 Å². The molecule has 0 saturated carbocycles. The number of aromatic nitrogens is 3. The van der Waals surface area contributed by atoms with E-state index in [1.807, 2.05) is 50.2 Å². The molecule has 0 radical (unpaired) electrons. The van der Waals surface area contributed by atoms with Crippen LogP contribution in [0.15, 0.2) is 89.8 Å². The van der Waals surface area contributed by atoms with E-state index in [-0.39, 0.29) is 5.75 Å². The van der Waals surface area contributed by atoms with Crippen molar-refractivity contribution in [1.29, 1.82) is 0 Å². The summed E-state index contributed by atoms with van der Waals surface area (Å²) in [6.07, 6.45) is -3.27. The summed E-state index contributed by atoms with van der Waals surface area (Å²) >= 11 is 1.57. The lowest BCUT2D eigenvalue weighted by Crippen LogP contribution is -2.28. The van der Waals surface area contributed by atoms with E-state index in [4.69, 9.17) is 0 Å². The predicted molar refractivity (Wildman–Crippen MR) is 168 cm³/mol. The van der Waals surface area contributed by atoms with Gasteiger partial charge in [0.2, 0.25) is 0 Å². The van der Waals surface area contributed by atoms with Gasteiger partial charge >= 0.3 is 12.4 Å². The Labute approximate surface area is 257 Å². The van der Waals surface area contributed by atoms with E-state index < -0.39 is 12.4 Å². The highest BCUT2D eigenvalue weighted by molar-refractivity contribution is 8.14. The summed E-state index contributed by atoms with van der Waals surface area (Å²) in [4.78, 5) is 23.8. The smallest absolute Gasteiger partial charge is 0.406 e. The fourth-order valence-electron chi connectivity index (χ4n) is 4.71. The molecule has 0 aliphatic carbocycles. The van der Waals surface area contributed by atoms with Crippen LogP contribution in [-0.4, -0.2) is 44.6 Å². The Balaban J connectivity index is 1.25. The number of alkyl halides is 3. The van der Waals surface area contributed by atoms with E-state index in [2.05, 4.69) is 56.0 Å². The molecule has 3 aromatic carbocycles. The molecule has 0 spiro atoms. The van der Waals surface area contributed by atoms with E-state index in [0.717, 1.165) is 34.7 Å². The number of ether oxygens (including phenoxy) is 1. The topological polar surface area (TPSA) is 84.6 Å². The summed E-state index contributed by atoms with van der Waals surface area (Å²) in [5, 5.41) is 8.04. The molecule has 1 aliphatic rings. The lowest BCUT2D eigenvalue weighted by atomic mass is 10.0. The Kier molecular flexibility index (Phi) is 9.09. The number of aliphatic imine (C=N–C) groups is 1. The third-order valence-corrected chi connectivity index (χ3v) is 8.04. The Morgan fingerprint density at radius 2 is 1.73 bits per heavy atom. The number of nitrogens with one attached hydrogen (secondary N) is 1. The highest BCUT2D eigenvalue weighted by Crippen LogP contribution is 2.32. The number of para-hydroxylation sites is 1. The SMILES string of the molecule is C/C(NC(=O)N=C1SCCN1c1ccccc1C(C)C)=C(/C)c1ccc(-c2ncn(-c3ccc(OC(F)(F)F)cc3)n2)cc1. The molecule has 1 aromatic heterocycles. The van der Waals surface area contributed by atoms with Crippen molar-refractivity contribution in [2.75, 3.05) is 17.2 Å². The fraction of sp³-hybridized carbons (Fsp3) is 0.250. The second-order valence-electron chi connectivity index (χ2n) is 10.4. The van der Waals surface area contributed by atoms with Crippen LogP contribution >= 0.6 is 11.8 Å². The van der Waals surface area contributed by atoms with Gasteiger partial charge in [0.1, 0.15) is 12.1 Å². The molecule has 0 atom stereocenters. The van der Waals surface area contributed by atoms with Crippen LogP contribution in [0.2, 0.25) is 0 Å². The number of urea groups is 1. The average molecular weight is 621 g/mol. The van der Waals surface area contributed by atoms with Gasteiger partial charge in [0.25, 0.3) is 0 Å². The quantitative estimate of drug-likeness (QED) is 0.225. The van der Waals surface area contributed by atoms with Gasteiger partial charge in [-0.3, -0.25) is 0 Å². The van der Waals surface area contributed by atoms with E-state index >= 15 is 0 Å².